The van der Waals surface area contributed by atoms with Gasteiger partial charge in [-0.15, -0.1) is 13.2 Å². The van der Waals surface area contributed by atoms with E-state index in [1.165, 1.54) is 48.7 Å². The fourth-order valence-electron chi connectivity index (χ4n) is 4.15. The second kappa shape index (κ2) is 9.89. The molecule has 0 saturated heterocycles. The molecule has 1 heterocycles. The predicted molar refractivity (Wildman–Crippen MR) is 131 cm³/mol. The van der Waals surface area contributed by atoms with Crippen LogP contribution in [-0.4, -0.2) is 29.1 Å². The maximum atomic E-state index is 14.7. The Bertz CT molecular complexity index is 1530. The number of nitrogens with zero attached hydrogens (tertiary/aromatic N) is 1. The van der Waals surface area contributed by atoms with Crippen molar-refractivity contribution in [1.29, 1.82) is 0 Å². The van der Waals surface area contributed by atoms with E-state index in [2.05, 4.69) is 4.74 Å². The molecule has 0 unspecified atom stereocenters. The number of Topliss-reactive ketones (excluding diaryl/α,β-unsaturated/α-hetero) is 1. The van der Waals surface area contributed by atoms with Crippen molar-refractivity contribution in [2.75, 3.05) is 0 Å². The van der Waals surface area contributed by atoms with Crippen LogP contribution in [0.25, 0.3) is 27.7 Å². The van der Waals surface area contributed by atoms with Crippen LogP contribution in [0.15, 0.2) is 54.6 Å². The van der Waals surface area contributed by atoms with Crippen LogP contribution in [-0.2, 0) is 4.79 Å². The minimum Gasteiger partial charge on any atom is -0.483 e. The topological polar surface area (TPSA) is 57.5 Å². The second-order valence-corrected chi connectivity index (χ2v) is 8.82. The molecule has 1 aromatic heterocycles. The molecule has 0 fully saturated rings. The van der Waals surface area contributed by atoms with Gasteiger partial charge in [-0.25, -0.2) is 4.39 Å². The second-order valence-electron chi connectivity index (χ2n) is 8.39. The number of carbonyl (C=O) groups is 2. The summed E-state index contributed by atoms with van der Waals surface area (Å²) in [6, 6.07) is 12.2. The van der Waals surface area contributed by atoms with Crippen molar-refractivity contribution in [2.24, 2.45) is 0 Å². The Morgan fingerprint density at radius 1 is 1.05 bits per heavy atom. The first kappa shape index (κ1) is 26.2. The fourth-order valence-corrected chi connectivity index (χ4v) is 4.32. The Hall–Kier alpha value is -3.85. The Morgan fingerprint density at radius 3 is 2.43 bits per heavy atom. The summed E-state index contributed by atoms with van der Waals surface area (Å²) >= 11 is 6.20. The standard InChI is InChI=1S/C27H20ClF4NO4/c1-14-26(24-8-18(28)5-4-17(24)13-34)23-7-6-21(37-27(30,31)32)12-25(23)33(14)20-9-19(29)10-22(11-20)36-16(3)15(2)35/h4-13,16H,1-3H3/t16-/m1/s1. The first-order valence-corrected chi connectivity index (χ1v) is 11.4. The van der Waals surface area contributed by atoms with Crippen LogP contribution in [0.4, 0.5) is 17.6 Å². The molecule has 4 rings (SSSR count). The van der Waals surface area contributed by atoms with Crippen molar-refractivity contribution in [2.45, 2.75) is 33.2 Å². The molecule has 0 aliphatic rings. The van der Waals surface area contributed by atoms with E-state index in [1.807, 2.05) is 0 Å². The van der Waals surface area contributed by atoms with Gasteiger partial charge in [-0.2, -0.15) is 0 Å². The van der Waals surface area contributed by atoms with Crippen molar-refractivity contribution < 1.29 is 36.6 Å². The number of benzene rings is 3. The third-order valence-corrected chi connectivity index (χ3v) is 6.06. The van der Waals surface area contributed by atoms with E-state index in [9.17, 15) is 27.2 Å². The minimum absolute atomic E-state index is 0.0551. The maximum absolute atomic E-state index is 14.7. The lowest BCUT2D eigenvalue weighted by Crippen LogP contribution is -2.20. The molecule has 37 heavy (non-hydrogen) atoms. The molecule has 0 spiro atoms. The fraction of sp³-hybridized carbons (Fsp3) is 0.185. The van der Waals surface area contributed by atoms with Crippen molar-refractivity contribution in [3.05, 3.63) is 76.7 Å². The highest BCUT2D eigenvalue weighted by Gasteiger charge is 2.31. The van der Waals surface area contributed by atoms with Crippen molar-refractivity contribution in [3.8, 4) is 28.3 Å². The zero-order valence-corrected chi connectivity index (χ0v) is 20.6. The molecule has 0 saturated carbocycles. The Labute approximate surface area is 214 Å². The summed E-state index contributed by atoms with van der Waals surface area (Å²) in [5.74, 6) is -1.39. The van der Waals surface area contributed by atoms with Crippen molar-refractivity contribution in [1.82, 2.24) is 4.57 Å². The number of ketones is 1. The molecule has 0 radical (unpaired) electrons. The van der Waals surface area contributed by atoms with Gasteiger partial charge in [0.05, 0.1) is 11.2 Å². The van der Waals surface area contributed by atoms with E-state index in [0.717, 1.165) is 12.1 Å². The summed E-state index contributed by atoms with van der Waals surface area (Å²) in [5.41, 5.74) is 2.23. The molecule has 3 aromatic carbocycles. The number of hydrogen-bond donors (Lipinski definition) is 0. The average molecular weight is 534 g/mol. The van der Waals surface area contributed by atoms with E-state index in [-0.39, 0.29) is 22.7 Å². The highest BCUT2D eigenvalue weighted by atomic mass is 35.5. The zero-order chi connectivity index (χ0) is 27.1. The molecule has 0 N–H and O–H groups in total. The van der Waals surface area contributed by atoms with Gasteiger partial charge in [0.1, 0.15) is 17.3 Å². The largest absolute Gasteiger partial charge is 0.573 e. The van der Waals surface area contributed by atoms with Crippen LogP contribution in [0.3, 0.4) is 0 Å². The number of rotatable bonds is 7. The number of carbonyl (C=O) groups excluding carboxylic acids is 2. The van der Waals surface area contributed by atoms with Gasteiger partial charge in [-0.1, -0.05) is 11.6 Å². The van der Waals surface area contributed by atoms with Gasteiger partial charge >= 0.3 is 6.36 Å². The van der Waals surface area contributed by atoms with Gasteiger partial charge in [-0.05, 0) is 62.7 Å². The van der Waals surface area contributed by atoms with E-state index in [1.54, 1.807) is 19.1 Å². The van der Waals surface area contributed by atoms with Crippen molar-refractivity contribution in [3.63, 3.8) is 0 Å². The summed E-state index contributed by atoms with van der Waals surface area (Å²) in [7, 11) is 0. The molecule has 1 atom stereocenters. The van der Waals surface area contributed by atoms with Crippen LogP contribution in [0.5, 0.6) is 11.5 Å². The van der Waals surface area contributed by atoms with Gasteiger partial charge in [0.25, 0.3) is 0 Å². The Morgan fingerprint density at radius 2 is 1.78 bits per heavy atom. The summed E-state index contributed by atoms with van der Waals surface area (Å²) in [6.45, 7) is 4.53. The molecule has 4 aromatic rings. The van der Waals surface area contributed by atoms with Gasteiger partial charge in [0.2, 0.25) is 0 Å². The number of aromatic nitrogens is 1. The molecular formula is C27H20ClF4NO4. The third-order valence-electron chi connectivity index (χ3n) is 5.82. The summed E-state index contributed by atoms with van der Waals surface area (Å²) in [4.78, 5) is 23.5. The SMILES string of the molecule is CC(=O)[C@@H](C)Oc1cc(F)cc(-n2c(C)c(-c3cc(Cl)ccc3C=O)c3ccc(OC(F)(F)F)cc32)c1. The average Bonchev–Trinajstić information content (AvgIpc) is 3.08. The van der Waals surface area contributed by atoms with Crippen LogP contribution in [0, 0.1) is 12.7 Å². The number of halogens is 5. The zero-order valence-electron chi connectivity index (χ0n) is 19.8. The first-order chi connectivity index (χ1) is 17.4. The normalized spacial score (nSPS) is 12.4. The van der Waals surface area contributed by atoms with E-state index in [0.29, 0.717) is 39.1 Å². The highest BCUT2D eigenvalue weighted by Crippen LogP contribution is 2.41. The van der Waals surface area contributed by atoms with E-state index >= 15 is 0 Å². The molecule has 10 heteroatoms. The van der Waals surface area contributed by atoms with Crippen molar-refractivity contribution >= 4 is 34.6 Å². The highest BCUT2D eigenvalue weighted by molar-refractivity contribution is 6.31. The summed E-state index contributed by atoms with van der Waals surface area (Å²) in [5, 5.41) is 0.818. The smallest absolute Gasteiger partial charge is 0.483 e. The third kappa shape index (κ3) is 5.46. The molecule has 0 aliphatic heterocycles. The lowest BCUT2D eigenvalue weighted by molar-refractivity contribution is -0.274. The molecule has 0 aliphatic carbocycles. The lowest BCUT2D eigenvalue weighted by atomic mass is 9.97. The number of aldehydes is 1. The van der Waals surface area contributed by atoms with Crippen LogP contribution >= 0.6 is 11.6 Å². The van der Waals surface area contributed by atoms with E-state index in [4.69, 9.17) is 16.3 Å². The van der Waals surface area contributed by atoms with Crippen LogP contribution in [0.2, 0.25) is 5.02 Å². The number of ether oxygens (including phenoxy) is 2. The minimum atomic E-state index is -4.93. The number of alkyl halides is 3. The molecule has 0 bridgehead atoms. The maximum Gasteiger partial charge on any atom is 0.573 e. The molecular weight excluding hydrogens is 514 g/mol. The first-order valence-electron chi connectivity index (χ1n) is 11.0. The molecule has 192 valence electrons. The number of hydrogen-bond acceptors (Lipinski definition) is 4. The molecule has 5 nitrogen and oxygen atoms in total. The quantitative estimate of drug-likeness (QED) is 0.183. The van der Waals surface area contributed by atoms with Crippen LogP contribution < -0.4 is 9.47 Å². The van der Waals surface area contributed by atoms with Crippen LogP contribution in [0.1, 0.15) is 29.9 Å². The molecule has 0 amide bonds. The number of fused-ring (bicyclic) bond motifs is 1. The van der Waals surface area contributed by atoms with Gasteiger partial charge < -0.3 is 14.0 Å². The Balaban J connectivity index is 2.03. The van der Waals surface area contributed by atoms with E-state index < -0.39 is 24.0 Å². The van der Waals surface area contributed by atoms with Gasteiger partial charge in [0.15, 0.2) is 18.2 Å². The lowest BCUT2D eigenvalue weighted by Gasteiger charge is -2.15. The summed E-state index contributed by atoms with van der Waals surface area (Å²) < 4.78 is 64.8. The Kier molecular flexibility index (Phi) is 7.01. The predicted octanol–water partition coefficient (Wildman–Crippen LogP) is 7.47. The van der Waals surface area contributed by atoms with Gasteiger partial charge in [0, 0.05) is 45.4 Å². The summed E-state index contributed by atoms with van der Waals surface area (Å²) in [6.07, 6.45) is -5.13. The monoisotopic (exact) mass is 533 g/mol. The van der Waals surface area contributed by atoms with Gasteiger partial charge in [-0.3, -0.25) is 9.59 Å².